The zero-order valence-corrected chi connectivity index (χ0v) is 10.7. The maximum absolute atomic E-state index is 5.75. The Morgan fingerprint density at radius 2 is 1.71 bits per heavy atom. The van der Waals surface area contributed by atoms with Crippen LogP contribution in [0.1, 0.15) is 31.4 Å². The molecule has 0 radical (unpaired) electrons. The smallest absolute Gasteiger partial charge is 0.151 e. The largest absolute Gasteiger partial charge is 0.297 e. The van der Waals surface area contributed by atoms with Gasteiger partial charge in [-0.15, -0.1) is 5.10 Å². The van der Waals surface area contributed by atoms with Gasteiger partial charge in [0.1, 0.15) is 0 Å². The van der Waals surface area contributed by atoms with Gasteiger partial charge in [0.2, 0.25) is 0 Å². The minimum Gasteiger partial charge on any atom is -0.297 e. The molecular formula is C13H18ClN3. The molecule has 0 amide bonds. The third-order valence-electron chi connectivity index (χ3n) is 3.50. The van der Waals surface area contributed by atoms with E-state index >= 15 is 0 Å². The van der Waals surface area contributed by atoms with Gasteiger partial charge in [0.15, 0.2) is 5.15 Å². The first-order valence-corrected chi connectivity index (χ1v) is 6.88. The fraction of sp³-hybridized carbons (Fsp3) is 0.692. The summed E-state index contributed by atoms with van der Waals surface area (Å²) in [6.07, 6.45) is 5.64. The first-order valence-electron chi connectivity index (χ1n) is 6.50. The van der Waals surface area contributed by atoms with Gasteiger partial charge in [0.25, 0.3) is 0 Å². The van der Waals surface area contributed by atoms with Gasteiger partial charge >= 0.3 is 0 Å². The highest BCUT2D eigenvalue weighted by Crippen LogP contribution is 2.34. The molecule has 0 aliphatic heterocycles. The molecule has 0 saturated heterocycles. The summed E-state index contributed by atoms with van der Waals surface area (Å²) in [6.45, 7) is 3.40. The van der Waals surface area contributed by atoms with Gasteiger partial charge in [0.05, 0.1) is 5.69 Å². The molecule has 1 aromatic rings. The highest BCUT2D eigenvalue weighted by atomic mass is 35.5. The Bertz CT molecular complexity index is 357. The Morgan fingerprint density at radius 1 is 1.06 bits per heavy atom. The summed E-state index contributed by atoms with van der Waals surface area (Å²) in [5.74, 6) is 1.88. The van der Waals surface area contributed by atoms with Crippen molar-refractivity contribution in [1.82, 2.24) is 15.1 Å². The van der Waals surface area contributed by atoms with Crippen molar-refractivity contribution in [3.8, 4) is 0 Å². The second-order valence-corrected chi connectivity index (χ2v) is 5.82. The summed E-state index contributed by atoms with van der Waals surface area (Å²) in [5, 5.41) is 8.54. The van der Waals surface area contributed by atoms with Crippen LogP contribution in [0.5, 0.6) is 0 Å². The lowest BCUT2D eigenvalue weighted by Crippen LogP contribution is -2.28. The van der Waals surface area contributed by atoms with Crippen molar-refractivity contribution in [2.45, 2.75) is 32.2 Å². The highest BCUT2D eigenvalue weighted by Gasteiger charge is 2.29. The van der Waals surface area contributed by atoms with Crippen LogP contribution in [0.25, 0.3) is 0 Å². The second kappa shape index (κ2) is 4.91. The third-order valence-corrected chi connectivity index (χ3v) is 3.70. The molecule has 1 aromatic heterocycles. The second-order valence-electron chi connectivity index (χ2n) is 5.43. The maximum atomic E-state index is 5.75. The van der Waals surface area contributed by atoms with E-state index in [2.05, 4.69) is 15.1 Å². The Hall–Kier alpha value is -0.670. The van der Waals surface area contributed by atoms with Crippen molar-refractivity contribution in [3.05, 3.63) is 23.0 Å². The lowest BCUT2D eigenvalue weighted by atomic mass is 10.2. The van der Waals surface area contributed by atoms with Crippen LogP contribution in [0.15, 0.2) is 12.1 Å². The van der Waals surface area contributed by atoms with E-state index in [1.54, 1.807) is 0 Å². The molecule has 0 unspecified atom stereocenters. The molecule has 2 saturated carbocycles. The van der Waals surface area contributed by atoms with E-state index in [1.807, 2.05) is 12.1 Å². The van der Waals surface area contributed by atoms with Crippen molar-refractivity contribution in [2.75, 3.05) is 13.1 Å². The molecule has 2 aliphatic rings. The predicted octanol–water partition coefficient (Wildman–Crippen LogP) is 2.75. The summed E-state index contributed by atoms with van der Waals surface area (Å²) in [7, 11) is 0. The summed E-state index contributed by atoms with van der Waals surface area (Å²) in [5.41, 5.74) is 1.04. The third kappa shape index (κ3) is 3.65. The summed E-state index contributed by atoms with van der Waals surface area (Å²) in [4.78, 5) is 2.55. The van der Waals surface area contributed by atoms with Crippen LogP contribution in [-0.2, 0) is 6.54 Å². The quantitative estimate of drug-likeness (QED) is 0.779. The molecule has 0 bridgehead atoms. The van der Waals surface area contributed by atoms with Crippen molar-refractivity contribution >= 4 is 11.6 Å². The molecule has 0 N–H and O–H groups in total. The highest BCUT2D eigenvalue weighted by molar-refractivity contribution is 6.29. The monoisotopic (exact) mass is 251 g/mol. The number of halogens is 1. The van der Waals surface area contributed by atoms with Gasteiger partial charge in [0, 0.05) is 19.6 Å². The van der Waals surface area contributed by atoms with E-state index in [0.717, 1.165) is 24.1 Å². The number of nitrogens with zero attached hydrogens (tertiary/aromatic N) is 3. The van der Waals surface area contributed by atoms with Gasteiger partial charge in [-0.3, -0.25) is 4.90 Å². The average Bonchev–Trinajstić information content (AvgIpc) is 3.17. The summed E-state index contributed by atoms with van der Waals surface area (Å²) in [6, 6.07) is 3.82. The topological polar surface area (TPSA) is 29.0 Å². The SMILES string of the molecule is Clc1ccc(CN(CC2CC2)CC2CC2)nn1. The van der Waals surface area contributed by atoms with E-state index in [0.29, 0.717) is 5.15 Å². The fourth-order valence-corrected chi connectivity index (χ4v) is 2.29. The predicted molar refractivity (Wildman–Crippen MR) is 67.8 cm³/mol. The van der Waals surface area contributed by atoms with Crippen molar-refractivity contribution < 1.29 is 0 Å². The Morgan fingerprint density at radius 3 is 2.18 bits per heavy atom. The number of aromatic nitrogens is 2. The van der Waals surface area contributed by atoms with E-state index in [9.17, 15) is 0 Å². The standard InChI is InChI=1S/C13H18ClN3/c14-13-6-5-12(15-16-13)9-17(7-10-1-2-10)8-11-3-4-11/h5-6,10-11H,1-4,7-9H2. The first kappa shape index (κ1) is 11.4. The Balaban J connectivity index is 1.58. The summed E-state index contributed by atoms with van der Waals surface area (Å²) >= 11 is 5.75. The van der Waals surface area contributed by atoms with E-state index < -0.39 is 0 Å². The fourth-order valence-electron chi connectivity index (χ4n) is 2.19. The Labute approximate surface area is 107 Å². The van der Waals surface area contributed by atoms with Crippen LogP contribution in [0.4, 0.5) is 0 Å². The lowest BCUT2D eigenvalue weighted by Gasteiger charge is -2.21. The molecule has 0 spiro atoms. The lowest BCUT2D eigenvalue weighted by molar-refractivity contribution is 0.241. The van der Waals surface area contributed by atoms with E-state index in [1.165, 1.54) is 38.8 Å². The van der Waals surface area contributed by atoms with Crippen LogP contribution in [0, 0.1) is 11.8 Å². The normalized spacial score (nSPS) is 19.9. The van der Waals surface area contributed by atoms with Crippen LogP contribution in [0.3, 0.4) is 0 Å². The molecule has 1 heterocycles. The van der Waals surface area contributed by atoms with Gasteiger partial charge < -0.3 is 0 Å². The minimum absolute atomic E-state index is 0.477. The molecule has 0 aromatic carbocycles. The van der Waals surface area contributed by atoms with Gasteiger partial charge in [-0.2, -0.15) is 5.10 Å². The van der Waals surface area contributed by atoms with Crippen molar-refractivity contribution in [2.24, 2.45) is 11.8 Å². The molecule has 2 fully saturated rings. The van der Waals surface area contributed by atoms with Gasteiger partial charge in [-0.05, 0) is 49.7 Å². The molecule has 3 rings (SSSR count). The van der Waals surface area contributed by atoms with Gasteiger partial charge in [-0.25, -0.2) is 0 Å². The molecule has 0 atom stereocenters. The zero-order chi connectivity index (χ0) is 11.7. The molecule has 3 nitrogen and oxygen atoms in total. The molecule has 92 valence electrons. The minimum atomic E-state index is 0.477. The van der Waals surface area contributed by atoms with Crippen molar-refractivity contribution in [3.63, 3.8) is 0 Å². The maximum Gasteiger partial charge on any atom is 0.151 e. The van der Waals surface area contributed by atoms with Gasteiger partial charge in [-0.1, -0.05) is 11.6 Å². The van der Waals surface area contributed by atoms with Crippen LogP contribution in [0.2, 0.25) is 5.15 Å². The molecule has 4 heteroatoms. The Kier molecular flexibility index (Phi) is 3.30. The molecular weight excluding hydrogens is 234 g/mol. The van der Waals surface area contributed by atoms with E-state index in [-0.39, 0.29) is 0 Å². The average molecular weight is 252 g/mol. The first-order chi connectivity index (χ1) is 8.29. The molecule has 17 heavy (non-hydrogen) atoms. The van der Waals surface area contributed by atoms with Crippen LogP contribution in [-0.4, -0.2) is 28.2 Å². The van der Waals surface area contributed by atoms with Crippen LogP contribution >= 0.6 is 11.6 Å². The number of hydrogen-bond acceptors (Lipinski definition) is 3. The van der Waals surface area contributed by atoms with Crippen LogP contribution < -0.4 is 0 Å². The van der Waals surface area contributed by atoms with E-state index in [4.69, 9.17) is 11.6 Å². The number of hydrogen-bond donors (Lipinski definition) is 0. The van der Waals surface area contributed by atoms with Crippen molar-refractivity contribution in [1.29, 1.82) is 0 Å². The number of rotatable bonds is 6. The summed E-state index contributed by atoms with van der Waals surface area (Å²) < 4.78 is 0. The molecule has 2 aliphatic carbocycles. The zero-order valence-electron chi connectivity index (χ0n) is 9.98.